The molecule has 0 N–H and O–H groups in total. The summed E-state index contributed by atoms with van der Waals surface area (Å²) in [6.45, 7) is 2.12. The van der Waals surface area contributed by atoms with E-state index in [4.69, 9.17) is 0 Å². The van der Waals surface area contributed by atoms with E-state index in [0.717, 1.165) is 30.5 Å². The summed E-state index contributed by atoms with van der Waals surface area (Å²) < 4.78 is 1.40. The summed E-state index contributed by atoms with van der Waals surface area (Å²) in [6, 6.07) is 1.87. The Bertz CT molecular complexity index is 387. The Balaban J connectivity index is 3.08. The first-order chi connectivity index (χ1) is 7.06. The first-order valence-corrected chi connectivity index (χ1v) is 6.74. The second-order valence-corrected chi connectivity index (χ2v) is 6.49. The van der Waals surface area contributed by atoms with E-state index in [2.05, 4.69) is 43.9 Å². The molecule has 1 rings (SSSR count). The van der Waals surface area contributed by atoms with E-state index >= 15 is 0 Å². The largest absolute Gasteiger partial charge is 0.269 e. The van der Waals surface area contributed by atoms with Gasteiger partial charge in [0, 0.05) is 12.6 Å². The van der Waals surface area contributed by atoms with Crippen molar-refractivity contribution in [2.45, 2.75) is 29.9 Å². The third-order valence-electron chi connectivity index (χ3n) is 2.18. The lowest BCUT2D eigenvalue weighted by molar-refractivity contribution is 0.666. The molecule has 5 heteroatoms. The lowest BCUT2D eigenvalue weighted by Gasteiger charge is -2.07. The highest BCUT2D eigenvalue weighted by Crippen LogP contribution is 2.27. The van der Waals surface area contributed by atoms with Crippen molar-refractivity contribution in [1.29, 1.82) is 0 Å². The third kappa shape index (κ3) is 3.41. The van der Waals surface area contributed by atoms with Crippen LogP contribution in [-0.4, -0.2) is 9.78 Å². The van der Waals surface area contributed by atoms with Crippen LogP contribution in [0.2, 0.25) is 0 Å². The van der Waals surface area contributed by atoms with Gasteiger partial charge in [-0.3, -0.25) is 4.79 Å². The number of unbranched alkanes of at least 4 members (excludes halogenated alkanes) is 1. The molecule has 0 aromatic carbocycles. The molecule has 1 aromatic rings. The summed E-state index contributed by atoms with van der Waals surface area (Å²) in [4.78, 5) is 11.7. The van der Waals surface area contributed by atoms with Gasteiger partial charge in [-0.25, -0.2) is 4.68 Å². The summed E-state index contributed by atoms with van der Waals surface area (Å²) in [5, 5.41) is 4.15. The van der Waals surface area contributed by atoms with Gasteiger partial charge in [-0.05, 0) is 18.9 Å². The highest BCUT2D eigenvalue weighted by atomic mass is 79.9. The fraction of sp³-hybridized carbons (Fsp3) is 0.600. The van der Waals surface area contributed by atoms with Crippen LogP contribution in [0.15, 0.2) is 10.9 Å². The van der Waals surface area contributed by atoms with Gasteiger partial charge in [0.1, 0.15) is 3.74 Å². The van der Waals surface area contributed by atoms with Gasteiger partial charge in [-0.1, -0.05) is 45.2 Å². The average Bonchev–Trinajstić information content (AvgIpc) is 2.19. The molecular formula is C10H14Br2N2O. The Morgan fingerprint density at radius 1 is 1.53 bits per heavy atom. The number of aryl methyl sites for hydroxylation is 2. The fourth-order valence-corrected chi connectivity index (χ4v) is 1.80. The number of alkyl halides is 2. The molecule has 0 amide bonds. The van der Waals surface area contributed by atoms with Crippen molar-refractivity contribution in [3.8, 4) is 0 Å². The van der Waals surface area contributed by atoms with Gasteiger partial charge in [0.2, 0.25) is 0 Å². The molecule has 0 atom stereocenters. The maximum Gasteiger partial charge on any atom is 0.269 e. The summed E-state index contributed by atoms with van der Waals surface area (Å²) in [7, 11) is 1.68. The monoisotopic (exact) mass is 336 g/mol. The highest BCUT2D eigenvalue weighted by Gasteiger charge is 2.10. The van der Waals surface area contributed by atoms with Crippen molar-refractivity contribution in [3.05, 3.63) is 27.7 Å². The normalized spacial score (nSPS) is 11.0. The molecule has 0 aliphatic carbocycles. The van der Waals surface area contributed by atoms with Crippen molar-refractivity contribution in [2.75, 3.05) is 0 Å². The van der Waals surface area contributed by atoms with Gasteiger partial charge < -0.3 is 0 Å². The molecule has 15 heavy (non-hydrogen) atoms. The lowest BCUT2D eigenvalue weighted by atomic mass is 10.1. The van der Waals surface area contributed by atoms with Crippen molar-refractivity contribution in [1.82, 2.24) is 9.78 Å². The summed E-state index contributed by atoms with van der Waals surface area (Å²) in [6.07, 6.45) is 2.95. The van der Waals surface area contributed by atoms with Crippen LogP contribution in [0.3, 0.4) is 0 Å². The molecule has 0 aliphatic heterocycles. The summed E-state index contributed by atoms with van der Waals surface area (Å²) >= 11 is 6.76. The fourth-order valence-electron chi connectivity index (χ4n) is 1.35. The molecule has 0 fully saturated rings. The molecule has 0 saturated carbocycles. The zero-order valence-electron chi connectivity index (χ0n) is 8.83. The first-order valence-electron chi connectivity index (χ1n) is 4.91. The maximum atomic E-state index is 11.7. The average molecular weight is 338 g/mol. The summed E-state index contributed by atoms with van der Waals surface area (Å²) in [5.74, 6) is 0. The minimum Gasteiger partial charge on any atom is -0.268 e. The Morgan fingerprint density at radius 3 is 2.73 bits per heavy atom. The van der Waals surface area contributed by atoms with Crippen molar-refractivity contribution < 1.29 is 0 Å². The SMILES string of the molecule is CCCCc1cc(C(Br)Br)nn(C)c1=O. The van der Waals surface area contributed by atoms with E-state index < -0.39 is 0 Å². The van der Waals surface area contributed by atoms with E-state index in [1.165, 1.54) is 4.68 Å². The van der Waals surface area contributed by atoms with E-state index in [-0.39, 0.29) is 9.30 Å². The second-order valence-electron chi connectivity index (χ2n) is 3.43. The van der Waals surface area contributed by atoms with Crippen LogP contribution in [0.25, 0.3) is 0 Å². The molecule has 1 heterocycles. The molecule has 0 unspecified atom stereocenters. The molecule has 0 saturated heterocycles. The molecule has 0 aliphatic rings. The number of hydrogen-bond donors (Lipinski definition) is 0. The number of halogens is 2. The van der Waals surface area contributed by atoms with Crippen LogP contribution < -0.4 is 5.56 Å². The second kappa shape index (κ2) is 5.80. The lowest BCUT2D eigenvalue weighted by Crippen LogP contribution is -2.24. The van der Waals surface area contributed by atoms with E-state index in [1.54, 1.807) is 7.05 Å². The predicted molar refractivity (Wildman–Crippen MR) is 68.7 cm³/mol. The van der Waals surface area contributed by atoms with E-state index in [0.29, 0.717) is 0 Å². The standard InChI is InChI=1S/C10H14Br2N2O/c1-3-4-5-7-6-8(9(11)12)13-14(2)10(7)15/h6,9H,3-5H2,1-2H3. The molecule has 0 bridgehead atoms. The Kier molecular flexibility index (Phi) is 4.99. The van der Waals surface area contributed by atoms with Gasteiger partial charge in [0.15, 0.2) is 0 Å². The quantitative estimate of drug-likeness (QED) is 0.792. The Morgan fingerprint density at radius 2 is 2.20 bits per heavy atom. The Hall–Kier alpha value is -0.160. The van der Waals surface area contributed by atoms with Gasteiger partial charge in [0.05, 0.1) is 5.69 Å². The molecule has 0 radical (unpaired) electrons. The summed E-state index contributed by atoms with van der Waals surface area (Å²) in [5.41, 5.74) is 1.68. The maximum absolute atomic E-state index is 11.7. The first kappa shape index (κ1) is 12.9. The molecule has 0 spiro atoms. The van der Waals surface area contributed by atoms with Crippen LogP contribution >= 0.6 is 31.9 Å². The predicted octanol–water partition coefficient (Wildman–Crippen LogP) is 2.91. The Labute approximate surface area is 106 Å². The van der Waals surface area contributed by atoms with Gasteiger partial charge in [-0.15, -0.1) is 0 Å². The number of nitrogens with zero attached hydrogens (tertiary/aromatic N) is 2. The smallest absolute Gasteiger partial charge is 0.268 e. The van der Waals surface area contributed by atoms with Crippen LogP contribution in [0, 0.1) is 0 Å². The van der Waals surface area contributed by atoms with Gasteiger partial charge in [-0.2, -0.15) is 5.10 Å². The topological polar surface area (TPSA) is 34.9 Å². The van der Waals surface area contributed by atoms with E-state index in [1.807, 2.05) is 6.07 Å². The van der Waals surface area contributed by atoms with E-state index in [9.17, 15) is 4.79 Å². The minimum absolute atomic E-state index is 0.00261. The van der Waals surface area contributed by atoms with Crippen LogP contribution in [0.4, 0.5) is 0 Å². The zero-order chi connectivity index (χ0) is 11.4. The van der Waals surface area contributed by atoms with Crippen molar-refractivity contribution >= 4 is 31.9 Å². The van der Waals surface area contributed by atoms with Crippen LogP contribution in [0.5, 0.6) is 0 Å². The molecule has 1 aromatic heterocycles. The molecule has 3 nitrogen and oxygen atoms in total. The molecular weight excluding hydrogens is 324 g/mol. The van der Waals surface area contributed by atoms with Crippen LogP contribution in [0.1, 0.15) is 34.8 Å². The van der Waals surface area contributed by atoms with Crippen molar-refractivity contribution in [3.63, 3.8) is 0 Å². The van der Waals surface area contributed by atoms with Crippen LogP contribution in [-0.2, 0) is 13.5 Å². The number of aromatic nitrogens is 2. The van der Waals surface area contributed by atoms with Gasteiger partial charge >= 0.3 is 0 Å². The number of hydrogen-bond acceptors (Lipinski definition) is 2. The van der Waals surface area contributed by atoms with Gasteiger partial charge in [0.25, 0.3) is 5.56 Å². The third-order valence-corrected chi connectivity index (χ3v) is 3.12. The minimum atomic E-state index is -0.00261. The van der Waals surface area contributed by atoms with Crippen molar-refractivity contribution in [2.24, 2.45) is 7.05 Å². The highest BCUT2D eigenvalue weighted by molar-refractivity contribution is 9.24. The number of rotatable bonds is 4. The zero-order valence-corrected chi connectivity index (χ0v) is 12.0. The molecule has 84 valence electrons.